The topological polar surface area (TPSA) is 41.3 Å². The van der Waals surface area contributed by atoms with Crippen molar-refractivity contribution in [1.82, 2.24) is 14.7 Å². The highest BCUT2D eigenvalue weighted by atomic mass is 79.9. The van der Waals surface area contributed by atoms with Crippen LogP contribution in [0.2, 0.25) is 0 Å². The Morgan fingerprint density at radius 1 is 1.09 bits per heavy atom. The summed E-state index contributed by atoms with van der Waals surface area (Å²) in [7, 11) is 0. The van der Waals surface area contributed by atoms with Crippen molar-refractivity contribution in [3.8, 4) is 5.69 Å². The van der Waals surface area contributed by atoms with E-state index >= 15 is 0 Å². The van der Waals surface area contributed by atoms with Crippen molar-refractivity contribution in [2.45, 2.75) is 18.2 Å². The van der Waals surface area contributed by atoms with Gasteiger partial charge in [-0.05, 0) is 70.4 Å². The van der Waals surface area contributed by atoms with Gasteiger partial charge in [-0.25, -0.2) is 9.07 Å². The Labute approximate surface area is 201 Å². The van der Waals surface area contributed by atoms with E-state index < -0.39 is 24.1 Å². The molecule has 0 fully saturated rings. The fourth-order valence-electron chi connectivity index (χ4n) is 3.64. The Balaban J connectivity index is 1.75. The normalized spacial score (nSPS) is 20.1. The molecule has 34 heavy (non-hydrogen) atoms. The average molecular weight is 534 g/mol. The minimum Gasteiger partial charge on any atom is -0.375 e. The van der Waals surface area contributed by atoms with Gasteiger partial charge in [-0.15, -0.1) is 0 Å². The number of aromatic nitrogens is 2. The van der Waals surface area contributed by atoms with E-state index in [4.69, 9.17) is 0 Å². The predicted octanol–water partition coefficient (Wildman–Crippen LogP) is 6.48. The lowest BCUT2D eigenvalue weighted by atomic mass is 9.91. The van der Waals surface area contributed by atoms with E-state index in [-0.39, 0.29) is 11.3 Å². The van der Waals surface area contributed by atoms with Gasteiger partial charge in [0.1, 0.15) is 5.82 Å². The molecule has 0 bridgehead atoms. The third-order valence-electron chi connectivity index (χ3n) is 5.54. The number of fused-ring (bicyclic) bond motifs is 1. The molecule has 0 spiro atoms. The second-order valence-corrected chi connectivity index (χ2v) is 8.66. The van der Waals surface area contributed by atoms with E-state index in [9.17, 15) is 22.7 Å². The number of benzene rings is 2. The maximum Gasteiger partial charge on any atom is 0.423 e. The van der Waals surface area contributed by atoms with Crippen LogP contribution in [0.3, 0.4) is 0 Å². The van der Waals surface area contributed by atoms with Crippen molar-refractivity contribution in [2.24, 2.45) is 0 Å². The lowest BCUT2D eigenvalue weighted by Gasteiger charge is -2.36. The van der Waals surface area contributed by atoms with Crippen LogP contribution >= 0.6 is 15.9 Å². The minimum absolute atomic E-state index is 0.274. The molecule has 1 aliphatic heterocycles. The molecule has 9 heteroatoms. The van der Waals surface area contributed by atoms with Crippen LogP contribution in [-0.2, 0) is 5.60 Å². The van der Waals surface area contributed by atoms with Gasteiger partial charge in [-0.2, -0.15) is 18.3 Å². The molecule has 0 aliphatic carbocycles. The molecule has 1 N–H and O–H groups in total. The molecular formula is C25H20BrF4N3O. The quantitative estimate of drug-likeness (QED) is 0.390. The zero-order valence-corrected chi connectivity index (χ0v) is 19.4. The van der Waals surface area contributed by atoms with E-state index in [1.807, 2.05) is 6.08 Å². The number of rotatable bonds is 4. The largest absolute Gasteiger partial charge is 0.423 e. The van der Waals surface area contributed by atoms with Gasteiger partial charge in [-0.1, -0.05) is 30.9 Å². The van der Waals surface area contributed by atoms with E-state index in [0.29, 0.717) is 27.5 Å². The Hall–Kier alpha value is -3.17. The maximum atomic E-state index is 14.3. The van der Waals surface area contributed by atoms with Gasteiger partial charge in [0.15, 0.2) is 0 Å². The molecule has 0 saturated carbocycles. The molecule has 2 heterocycles. The summed E-state index contributed by atoms with van der Waals surface area (Å²) in [5.41, 5.74) is -2.18. The molecule has 1 unspecified atom stereocenters. The van der Waals surface area contributed by atoms with Gasteiger partial charge in [0.05, 0.1) is 23.9 Å². The SMILES string of the molecule is C=C1/C(Br)=C\C=C/C/C=C\N1CC(O)(c1ccc2c(cnn2-c2ccc(F)cc2)c1)C(F)(F)F. The summed E-state index contributed by atoms with van der Waals surface area (Å²) in [4.78, 5) is 1.27. The van der Waals surface area contributed by atoms with Crippen molar-refractivity contribution in [3.63, 3.8) is 0 Å². The summed E-state index contributed by atoms with van der Waals surface area (Å²) >= 11 is 3.33. The van der Waals surface area contributed by atoms with E-state index in [1.54, 1.807) is 18.2 Å². The van der Waals surface area contributed by atoms with Crippen molar-refractivity contribution < 1.29 is 22.7 Å². The number of allylic oxidation sites excluding steroid dienone is 5. The highest BCUT2D eigenvalue weighted by Gasteiger charge is 2.56. The first-order chi connectivity index (χ1) is 16.1. The first-order valence-corrected chi connectivity index (χ1v) is 11.1. The van der Waals surface area contributed by atoms with Gasteiger partial charge >= 0.3 is 6.18 Å². The van der Waals surface area contributed by atoms with Crippen LogP contribution in [0, 0.1) is 5.82 Å². The third-order valence-corrected chi connectivity index (χ3v) is 6.27. The van der Waals surface area contributed by atoms with Crippen LogP contribution in [0.25, 0.3) is 16.6 Å². The average Bonchev–Trinajstić information content (AvgIpc) is 3.24. The lowest BCUT2D eigenvalue weighted by Crippen LogP contribution is -2.49. The van der Waals surface area contributed by atoms with Gasteiger partial charge in [0.2, 0.25) is 5.60 Å². The summed E-state index contributed by atoms with van der Waals surface area (Å²) in [6.07, 6.45) is 5.41. The van der Waals surface area contributed by atoms with Gasteiger partial charge in [0.25, 0.3) is 0 Å². The fraction of sp³-hybridized carbons (Fsp3) is 0.160. The van der Waals surface area contributed by atoms with Crippen LogP contribution in [-0.4, -0.2) is 32.5 Å². The predicted molar refractivity (Wildman–Crippen MR) is 127 cm³/mol. The minimum atomic E-state index is -4.98. The standard InChI is InChI=1S/C25H20BrF4N3O/c1-17-22(26)6-4-2-3-5-13-32(17)16-24(34,25(28,29)30)19-7-12-23-18(14-19)15-31-33(23)21-10-8-20(27)9-11-21/h2,4-15,34H,1,3,16H2/b4-2-,13-5-,22-6+. The van der Waals surface area contributed by atoms with E-state index in [1.165, 1.54) is 64.4 Å². The molecule has 0 radical (unpaired) electrons. The second kappa shape index (κ2) is 9.23. The molecule has 0 saturated heterocycles. The van der Waals surface area contributed by atoms with Crippen LogP contribution in [0.5, 0.6) is 0 Å². The molecular weight excluding hydrogens is 514 g/mol. The smallest absolute Gasteiger partial charge is 0.375 e. The summed E-state index contributed by atoms with van der Waals surface area (Å²) in [6, 6.07) is 9.54. The number of β-amino-alcohol motifs (C(OH)–C–C–N with tert-alkyl or cyclic N) is 1. The first-order valence-electron chi connectivity index (χ1n) is 10.3. The van der Waals surface area contributed by atoms with E-state index in [2.05, 4.69) is 27.6 Å². The molecule has 2 aromatic carbocycles. The molecule has 1 atom stereocenters. The summed E-state index contributed by atoms with van der Waals surface area (Å²) < 4.78 is 58.2. The fourth-order valence-corrected chi connectivity index (χ4v) is 4.02. The van der Waals surface area contributed by atoms with Crippen molar-refractivity contribution in [2.75, 3.05) is 6.54 Å². The summed E-state index contributed by atoms with van der Waals surface area (Å²) in [5, 5.41) is 15.7. The Morgan fingerprint density at radius 2 is 1.82 bits per heavy atom. The highest BCUT2D eigenvalue weighted by molar-refractivity contribution is 9.12. The van der Waals surface area contributed by atoms with Gasteiger partial charge in [-0.3, -0.25) is 0 Å². The van der Waals surface area contributed by atoms with Gasteiger partial charge in [0, 0.05) is 21.8 Å². The van der Waals surface area contributed by atoms with Gasteiger partial charge < -0.3 is 10.0 Å². The Bertz CT molecular complexity index is 1310. The van der Waals surface area contributed by atoms with Crippen molar-refractivity contribution >= 4 is 26.8 Å². The maximum absolute atomic E-state index is 14.3. The second-order valence-electron chi connectivity index (χ2n) is 7.80. The first kappa shape index (κ1) is 24.0. The number of aliphatic hydroxyl groups is 1. The number of hydrogen-bond donors (Lipinski definition) is 1. The zero-order valence-electron chi connectivity index (χ0n) is 17.8. The summed E-state index contributed by atoms with van der Waals surface area (Å²) in [6.45, 7) is 3.08. The molecule has 1 aliphatic rings. The molecule has 1 aromatic heterocycles. The third kappa shape index (κ3) is 4.58. The van der Waals surface area contributed by atoms with Crippen LogP contribution in [0.4, 0.5) is 17.6 Å². The zero-order chi connectivity index (χ0) is 24.5. The number of alkyl halides is 3. The van der Waals surface area contributed by atoms with E-state index in [0.717, 1.165) is 0 Å². The Kier molecular flexibility index (Phi) is 6.51. The summed E-state index contributed by atoms with van der Waals surface area (Å²) in [5.74, 6) is -0.412. The van der Waals surface area contributed by atoms with Crippen LogP contribution < -0.4 is 0 Å². The monoisotopic (exact) mass is 533 g/mol. The number of hydrogen-bond acceptors (Lipinski definition) is 3. The molecule has 176 valence electrons. The molecule has 0 amide bonds. The molecule has 3 aromatic rings. The Morgan fingerprint density at radius 3 is 2.53 bits per heavy atom. The highest BCUT2D eigenvalue weighted by Crippen LogP contribution is 2.42. The van der Waals surface area contributed by atoms with Crippen molar-refractivity contribution in [3.05, 3.63) is 107 Å². The molecule has 4 nitrogen and oxygen atoms in total. The van der Waals surface area contributed by atoms with Crippen molar-refractivity contribution in [1.29, 1.82) is 0 Å². The number of halogens is 5. The molecule has 4 rings (SSSR count). The number of nitrogens with zero attached hydrogens (tertiary/aromatic N) is 3. The van der Waals surface area contributed by atoms with Crippen LogP contribution in [0.1, 0.15) is 12.0 Å². The lowest BCUT2D eigenvalue weighted by molar-refractivity contribution is -0.268. The van der Waals surface area contributed by atoms with Crippen LogP contribution in [0.15, 0.2) is 95.9 Å².